The van der Waals surface area contributed by atoms with Gasteiger partial charge in [0, 0.05) is 24.7 Å². The summed E-state index contributed by atoms with van der Waals surface area (Å²) in [5.74, 6) is 1.48. The molecule has 0 aliphatic carbocycles. The number of esters is 1. The first kappa shape index (κ1) is 13.9. The summed E-state index contributed by atoms with van der Waals surface area (Å²) in [6.07, 6.45) is 4.08. The number of carbonyl (C=O) groups is 1. The van der Waals surface area contributed by atoms with Crippen molar-refractivity contribution in [1.29, 1.82) is 0 Å². The molecule has 1 atom stereocenters. The number of ether oxygens (including phenoxy) is 2. The Morgan fingerprint density at radius 2 is 2.33 bits per heavy atom. The number of hydrogen-bond donors (Lipinski definition) is 1. The average Bonchev–Trinajstić information content (AvgIpc) is 2.93. The first-order valence-corrected chi connectivity index (χ1v) is 7.09. The summed E-state index contributed by atoms with van der Waals surface area (Å²) >= 11 is 0. The largest absolute Gasteiger partial charge is 0.497 e. The van der Waals surface area contributed by atoms with Gasteiger partial charge in [0.25, 0.3) is 0 Å². The first-order chi connectivity index (χ1) is 10.2. The summed E-state index contributed by atoms with van der Waals surface area (Å²) in [6, 6.07) is 3.69. The van der Waals surface area contributed by atoms with Gasteiger partial charge in [0.1, 0.15) is 11.6 Å². The average molecular weight is 289 g/mol. The van der Waals surface area contributed by atoms with E-state index in [9.17, 15) is 4.79 Å². The van der Waals surface area contributed by atoms with E-state index in [4.69, 9.17) is 9.47 Å². The Kier molecular flexibility index (Phi) is 3.79. The number of methoxy groups -OCH3 is 2. The van der Waals surface area contributed by atoms with Gasteiger partial charge in [-0.15, -0.1) is 0 Å². The number of rotatable bonds is 3. The normalized spacial score (nSPS) is 18.7. The highest BCUT2D eigenvalue weighted by atomic mass is 16.5. The molecule has 1 N–H and O–H groups in total. The molecule has 1 aliphatic rings. The maximum atomic E-state index is 12.0. The molecule has 2 aromatic heterocycles. The summed E-state index contributed by atoms with van der Waals surface area (Å²) in [4.78, 5) is 16.5. The topological polar surface area (TPSA) is 64.9 Å². The van der Waals surface area contributed by atoms with E-state index < -0.39 is 5.97 Å². The second kappa shape index (κ2) is 5.73. The lowest BCUT2D eigenvalue weighted by Crippen LogP contribution is -2.29. The predicted molar refractivity (Wildman–Crippen MR) is 77.9 cm³/mol. The standard InChI is InChI=1S/C15H19N3O3/c1-20-11-5-7-18-12(8-11)13(15(19)21-2)17-14(18)10-4-3-6-16-9-10/h5,7-8,10,16H,3-4,6,9H2,1-2H3. The van der Waals surface area contributed by atoms with E-state index in [0.29, 0.717) is 17.4 Å². The molecule has 0 bridgehead atoms. The number of pyridine rings is 1. The molecule has 1 unspecified atom stereocenters. The van der Waals surface area contributed by atoms with Crippen LogP contribution >= 0.6 is 0 Å². The van der Waals surface area contributed by atoms with Crippen LogP contribution in [0.1, 0.15) is 35.1 Å². The van der Waals surface area contributed by atoms with Crippen LogP contribution in [0.25, 0.3) is 5.52 Å². The van der Waals surface area contributed by atoms with E-state index >= 15 is 0 Å². The molecule has 112 valence electrons. The van der Waals surface area contributed by atoms with E-state index in [1.54, 1.807) is 7.11 Å². The van der Waals surface area contributed by atoms with Crippen molar-refractivity contribution in [3.05, 3.63) is 29.8 Å². The minimum absolute atomic E-state index is 0.304. The van der Waals surface area contributed by atoms with Crippen molar-refractivity contribution in [2.24, 2.45) is 0 Å². The zero-order valence-corrected chi connectivity index (χ0v) is 12.3. The van der Waals surface area contributed by atoms with Crippen molar-refractivity contribution < 1.29 is 14.3 Å². The van der Waals surface area contributed by atoms with Crippen molar-refractivity contribution in [1.82, 2.24) is 14.7 Å². The van der Waals surface area contributed by atoms with Crippen LogP contribution in [0.15, 0.2) is 18.3 Å². The lowest BCUT2D eigenvalue weighted by molar-refractivity contribution is 0.0596. The number of fused-ring (bicyclic) bond motifs is 1. The SMILES string of the molecule is COC(=O)c1nc(C2CCCNC2)n2ccc(OC)cc12. The zero-order valence-electron chi connectivity index (χ0n) is 12.3. The second-order valence-electron chi connectivity index (χ2n) is 5.18. The Bertz CT molecular complexity index is 659. The van der Waals surface area contributed by atoms with Crippen LogP contribution in [0, 0.1) is 0 Å². The van der Waals surface area contributed by atoms with E-state index in [-0.39, 0.29) is 0 Å². The van der Waals surface area contributed by atoms with Crippen molar-refractivity contribution in [3.63, 3.8) is 0 Å². The van der Waals surface area contributed by atoms with Crippen LogP contribution in [-0.4, -0.2) is 42.7 Å². The summed E-state index contributed by atoms with van der Waals surface area (Å²) in [6.45, 7) is 1.92. The van der Waals surface area contributed by atoms with Gasteiger partial charge >= 0.3 is 5.97 Å². The number of nitrogens with zero attached hydrogens (tertiary/aromatic N) is 2. The van der Waals surface area contributed by atoms with Gasteiger partial charge in [-0.25, -0.2) is 9.78 Å². The second-order valence-corrected chi connectivity index (χ2v) is 5.18. The number of imidazole rings is 1. The lowest BCUT2D eigenvalue weighted by atomic mass is 9.99. The van der Waals surface area contributed by atoms with E-state index in [2.05, 4.69) is 10.3 Å². The van der Waals surface area contributed by atoms with Crippen molar-refractivity contribution in [3.8, 4) is 5.75 Å². The van der Waals surface area contributed by atoms with Crippen LogP contribution < -0.4 is 10.1 Å². The van der Waals surface area contributed by atoms with Crippen LogP contribution in [-0.2, 0) is 4.74 Å². The van der Waals surface area contributed by atoms with E-state index in [0.717, 1.165) is 37.3 Å². The summed E-state index contributed by atoms with van der Waals surface area (Å²) in [5, 5.41) is 3.38. The number of piperidine rings is 1. The number of aromatic nitrogens is 2. The molecule has 1 saturated heterocycles. The lowest BCUT2D eigenvalue weighted by Gasteiger charge is -2.21. The third kappa shape index (κ3) is 2.47. The molecule has 21 heavy (non-hydrogen) atoms. The van der Waals surface area contributed by atoms with Crippen LogP contribution in [0.2, 0.25) is 0 Å². The molecule has 0 amide bonds. The number of hydrogen-bond acceptors (Lipinski definition) is 5. The summed E-state index contributed by atoms with van der Waals surface area (Å²) in [7, 11) is 2.97. The molecular weight excluding hydrogens is 270 g/mol. The quantitative estimate of drug-likeness (QED) is 0.869. The van der Waals surface area contributed by atoms with Crippen molar-refractivity contribution in [2.75, 3.05) is 27.3 Å². The van der Waals surface area contributed by atoms with Gasteiger partial charge in [-0.3, -0.25) is 0 Å². The third-order valence-corrected chi connectivity index (χ3v) is 3.92. The number of carbonyl (C=O) groups excluding carboxylic acids is 1. The zero-order chi connectivity index (χ0) is 14.8. The van der Waals surface area contributed by atoms with Gasteiger partial charge in [-0.1, -0.05) is 0 Å². The maximum absolute atomic E-state index is 12.0. The maximum Gasteiger partial charge on any atom is 0.358 e. The minimum atomic E-state index is -0.421. The van der Waals surface area contributed by atoms with Gasteiger partial charge in [0.2, 0.25) is 0 Å². The molecule has 6 nitrogen and oxygen atoms in total. The van der Waals surface area contributed by atoms with Crippen molar-refractivity contribution >= 4 is 11.5 Å². The molecule has 2 aromatic rings. The predicted octanol–water partition coefficient (Wildman–Crippen LogP) is 1.60. The molecule has 6 heteroatoms. The molecule has 0 aromatic carbocycles. The van der Waals surface area contributed by atoms with Crippen molar-refractivity contribution in [2.45, 2.75) is 18.8 Å². The Hall–Kier alpha value is -2.08. The van der Waals surface area contributed by atoms with Gasteiger partial charge in [-0.05, 0) is 25.5 Å². The highest BCUT2D eigenvalue weighted by Gasteiger charge is 2.25. The molecule has 0 saturated carbocycles. The van der Waals surface area contributed by atoms with Gasteiger partial charge < -0.3 is 19.2 Å². The smallest absolute Gasteiger partial charge is 0.358 e. The Balaban J connectivity index is 2.13. The van der Waals surface area contributed by atoms with E-state index in [1.807, 2.05) is 22.7 Å². The highest BCUT2D eigenvalue weighted by Crippen LogP contribution is 2.27. The molecule has 0 spiro atoms. The molecular formula is C15H19N3O3. The molecule has 3 heterocycles. The molecule has 1 fully saturated rings. The monoisotopic (exact) mass is 289 g/mol. The fourth-order valence-electron chi connectivity index (χ4n) is 2.82. The third-order valence-electron chi connectivity index (χ3n) is 3.92. The van der Waals surface area contributed by atoms with Gasteiger partial charge in [0.05, 0.1) is 19.7 Å². The molecule has 0 radical (unpaired) electrons. The fourth-order valence-corrected chi connectivity index (χ4v) is 2.82. The highest BCUT2D eigenvalue weighted by molar-refractivity contribution is 5.95. The van der Waals surface area contributed by atoms with Gasteiger partial charge in [0.15, 0.2) is 5.69 Å². The van der Waals surface area contributed by atoms with Crippen LogP contribution in [0.3, 0.4) is 0 Å². The first-order valence-electron chi connectivity index (χ1n) is 7.09. The van der Waals surface area contributed by atoms with Crippen LogP contribution in [0.5, 0.6) is 5.75 Å². The summed E-state index contributed by atoms with van der Waals surface area (Å²) < 4.78 is 12.1. The summed E-state index contributed by atoms with van der Waals surface area (Å²) in [5.41, 5.74) is 1.07. The Labute approximate surface area is 123 Å². The molecule has 1 aliphatic heterocycles. The van der Waals surface area contributed by atoms with Gasteiger partial charge in [-0.2, -0.15) is 0 Å². The van der Waals surface area contributed by atoms with E-state index in [1.165, 1.54) is 7.11 Å². The fraction of sp³-hybridized carbons (Fsp3) is 0.467. The Morgan fingerprint density at radius 1 is 1.48 bits per heavy atom. The number of nitrogens with one attached hydrogen (secondary N) is 1. The minimum Gasteiger partial charge on any atom is -0.497 e. The van der Waals surface area contributed by atoms with Crippen LogP contribution in [0.4, 0.5) is 0 Å². The Morgan fingerprint density at radius 3 is 3.00 bits per heavy atom. The molecule has 3 rings (SSSR count).